The molecule has 1 atom stereocenters. The summed E-state index contributed by atoms with van der Waals surface area (Å²) < 4.78 is 5.53. The third-order valence-electron chi connectivity index (χ3n) is 3.33. The van der Waals surface area contributed by atoms with Crippen LogP contribution in [0.1, 0.15) is 56.7 Å². The van der Waals surface area contributed by atoms with Crippen molar-refractivity contribution >= 4 is 6.29 Å². The average molecular weight is 248 g/mol. The summed E-state index contributed by atoms with van der Waals surface area (Å²) in [6, 6.07) is 4.31. The second kappa shape index (κ2) is 5.55. The van der Waals surface area contributed by atoms with Gasteiger partial charge >= 0.3 is 0 Å². The molecule has 0 aliphatic rings. The molecule has 0 fully saturated rings. The van der Waals surface area contributed by atoms with Gasteiger partial charge in [0, 0.05) is 12.0 Å². The zero-order valence-electron chi connectivity index (χ0n) is 12.3. The van der Waals surface area contributed by atoms with Gasteiger partial charge in [-0.05, 0) is 29.4 Å². The molecule has 0 saturated heterocycles. The number of carbonyl (C=O) groups excluding carboxylic acids is 1. The molecule has 0 saturated carbocycles. The van der Waals surface area contributed by atoms with Gasteiger partial charge in [-0.15, -0.1) is 0 Å². The van der Waals surface area contributed by atoms with Crippen molar-refractivity contribution in [3.05, 3.63) is 28.8 Å². The first-order valence-corrected chi connectivity index (χ1v) is 6.44. The van der Waals surface area contributed by atoms with E-state index in [1.165, 1.54) is 11.1 Å². The van der Waals surface area contributed by atoms with Crippen LogP contribution in [0.2, 0.25) is 0 Å². The van der Waals surface area contributed by atoms with Gasteiger partial charge in [-0.25, -0.2) is 0 Å². The topological polar surface area (TPSA) is 26.3 Å². The van der Waals surface area contributed by atoms with Crippen LogP contribution in [0.25, 0.3) is 0 Å². The van der Waals surface area contributed by atoms with E-state index in [-0.39, 0.29) is 11.3 Å². The number of carbonyl (C=O) groups is 1. The first-order valence-electron chi connectivity index (χ1n) is 6.44. The van der Waals surface area contributed by atoms with Crippen molar-refractivity contribution in [2.45, 2.75) is 52.4 Å². The van der Waals surface area contributed by atoms with Gasteiger partial charge in [0.05, 0.1) is 7.11 Å². The number of rotatable bonds is 4. The van der Waals surface area contributed by atoms with Gasteiger partial charge in [0.1, 0.15) is 12.0 Å². The molecule has 1 unspecified atom stereocenters. The molecule has 0 bridgehead atoms. The molecule has 0 aromatic heterocycles. The lowest BCUT2D eigenvalue weighted by Gasteiger charge is -2.25. The zero-order chi connectivity index (χ0) is 13.9. The third-order valence-corrected chi connectivity index (χ3v) is 3.33. The molecule has 100 valence electrons. The molecule has 1 aromatic carbocycles. The van der Waals surface area contributed by atoms with Gasteiger partial charge in [-0.1, -0.05) is 39.8 Å². The summed E-state index contributed by atoms with van der Waals surface area (Å²) >= 11 is 0. The fraction of sp³-hybridized carbons (Fsp3) is 0.562. The Morgan fingerprint density at radius 3 is 2.39 bits per heavy atom. The number of ether oxygens (including phenoxy) is 1. The zero-order valence-corrected chi connectivity index (χ0v) is 12.3. The second-order valence-electron chi connectivity index (χ2n) is 5.97. The lowest BCUT2D eigenvalue weighted by molar-refractivity contribution is -0.108. The summed E-state index contributed by atoms with van der Waals surface area (Å²) in [7, 11) is 1.71. The fourth-order valence-electron chi connectivity index (χ4n) is 2.19. The van der Waals surface area contributed by atoms with E-state index in [0.717, 1.165) is 17.6 Å². The number of hydrogen-bond acceptors (Lipinski definition) is 2. The molecular formula is C16H24O2. The molecule has 0 aliphatic heterocycles. The predicted molar refractivity (Wildman–Crippen MR) is 75.5 cm³/mol. The van der Waals surface area contributed by atoms with Crippen molar-refractivity contribution in [3.63, 3.8) is 0 Å². The quantitative estimate of drug-likeness (QED) is 0.753. The Bertz CT molecular complexity index is 427. The first kappa shape index (κ1) is 14.7. The van der Waals surface area contributed by atoms with Crippen LogP contribution in [-0.2, 0) is 10.2 Å². The summed E-state index contributed by atoms with van der Waals surface area (Å²) in [5.74, 6) is 1.22. The lowest BCUT2D eigenvalue weighted by Crippen LogP contribution is -2.14. The van der Waals surface area contributed by atoms with Crippen molar-refractivity contribution in [1.82, 2.24) is 0 Å². The fourth-order valence-corrected chi connectivity index (χ4v) is 2.19. The Morgan fingerprint density at radius 2 is 1.94 bits per heavy atom. The highest BCUT2D eigenvalue weighted by Gasteiger charge is 2.22. The highest BCUT2D eigenvalue weighted by molar-refractivity contribution is 5.53. The molecule has 18 heavy (non-hydrogen) atoms. The van der Waals surface area contributed by atoms with Crippen LogP contribution in [0, 0.1) is 6.92 Å². The smallest absolute Gasteiger partial charge is 0.125 e. The van der Waals surface area contributed by atoms with Gasteiger partial charge in [0.2, 0.25) is 0 Å². The maximum Gasteiger partial charge on any atom is 0.125 e. The van der Waals surface area contributed by atoms with Gasteiger partial charge in [0.15, 0.2) is 0 Å². The van der Waals surface area contributed by atoms with E-state index in [1.807, 2.05) is 0 Å². The van der Waals surface area contributed by atoms with E-state index in [0.29, 0.717) is 6.42 Å². The second-order valence-corrected chi connectivity index (χ2v) is 5.97. The van der Waals surface area contributed by atoms with E-state index in [2.05, 4.69) is 46.8 Å². The van der Waals surface area contributed by atoms with Crippen molar-refractivity contribution in [3.8, 4) is 5.75 Å². The van der Waals surface area contributed by atoms with E-state index in [1.54, 1.807) is 7.11 Å². The van der Waals surface area contributed by atoms with Gasteiger partial charge in [-0.3, -0.25) is 0 Å². The molecule has 0 amide bonds. The number of aldehydes is 1. The highest BCUT2D eigenvalue weighted by Crippen LogP contribution is 2.36. The minimum atomic E-state index is 0.0347. The Labute approximate surface area is 110 Å². The van der Waals surface area contributed by atoms with Crippen LogP contribution in [0.15, 0.2) is 12.1 Å². The van der Waals surface area contributed by atoms with E-state index in [4.69, 9.17) is 4.74 Å². The molecule has 1 aromatic rings. The summed E-state index contributed by atoms with van der Waals surface area (Å²) in [5.41, 5.74) is 3.59. The number of benzene rings is 1. The van der Waals surface area contributed by atoms with Crippen molar-refractivity contribution < 1.29 is 9.53 Å². The third kappa shape index (κ3) is 3.12. The van der Waals surface area contributed by atoms with E-state index in [9.17, 15) is 4.79 Å². The Balaban J connectivity index is 3.35. The Kier molecular flexibility index (Phi) is 4.55. The predicted octanol–water partition coefficient (Wildman–Crippen LogP) is 3.99. The van der Waals surface area contributed by atoms with E-state index >= 15 is 0 Å². The molecule has 0 radical (unpaired) electrons. The average Bonchev–Trinajstić information content (AvgIpc) is 2.27. The maximum absolute atomic E-state index is 10.7. The molecule has 0 heterocycles. The lowest BCUT2D eigenvalue weighted by atomic mass is 9.82. The first-order chi connectivity index (χ1) is 8.31. The van der Waals surface area contributed by atoms with E-state index < -0.39 is 0 Å². The molecule has 0 spiro atoms. The highest BCUT2D eigenvalue weighted by atomic mass is 16.5. The van der Waals surface area contributed by atoms with Crippen molar-refractivity contribution in [1.29, 1.82) is 0 Å². The summed E-state index contributed by atoms with van der Waals surface area (Å²) in [5, 5.41) is 0. The molecule has 2 nitrogen and oxygen atoms in total. The monoisotopic (exact) mass is 248 g/mol. The number of hydrogen-bond donors (Lipinski definition) is 0. The molecule has 1 rings (SSSR count). The largest absolute Gasteiger partial charge is 0.496 e. The van der Waals surface area contributed by atoms with Crippen LogP contribution in [0.5, 0.6) is 5.75 Å². The Morgan fingerprint density at radius 1 is 1.33 bits per heavy atom. The van der Waals surface area contributed by atoms with Gasteiger partial charge < -0.3 is 9.53 Å². The molecular weight excluding hydrogens is 224 g/mol. The van der Waals surface area contributed by atoms with Crippen LogP contribution in [-0.4, -0.2) is 13.4 Å². The molecule has 2 heteroatoms. The van der Waals surface area contributed by atoms with Gasteiger partial charge in [-0.2, -0.15) is 0 Å². The van der Waals surface area contributed by atoms with Crippen molar-refractivity contribution in [2.75, 3.05) is 7.11 Å². The normalized spacial score (nSPS) is 13.2. The number of aryl methyl sites for hydroxylation is 1. The number of methoxy groups -OCH3 is 1. The Hall–Kier alpha value is -1.31. The minimum absolute atomic E-state index is 0.0347. The van der Waals surface area contributed by atoms with Crippen LogP contribution < -0.4 is 4.74 Å². The van der Waals surface area contributed by atoms with Crippen LogP contribution in [0.3, 0.4) is 0 Å². The summed E-state index contributed by atoms with van der Waals surface area (Å²) in [6.45, 7) is 10.7. The van der Waals surface area contributed by atoms with Gasteiger partial charge in [0.25, 0.3) is 0 Å². The summed E-state index contributed by atoms with van der Waals surface area (Å²) in [4.78, 5) is 10.7. The van der Waals surface area contributed by atoms with Crippen LogP contribution >= 0.6 is 0 Å². The summed E-state index contributed by atoms with van der Waals surface area (Å²) in [6.07, 6.45) is 1.55. The molecule has 0 aliphatic carbocycles. The standard InChI is InChI=1S/C16H24O2/c1-11(7-8-17)13-9-12(2)15(18-6)14(10-13)16(3,4)5/h8-11H,7H2,1-6H3. The SMILES string of the molecule is COc1c(C)cc(C(C)CC=O)cc1C(C)(C)C. The maximum atomic E-state index is 10.7. The van der Waals surface area contributed by atoms with Crippen LogP contribution in [0.4, 0.5) is 0 Å². The minimum Gasteiger partial charge on any atom is -0.496 e. The molecule has 0 N–H and O–H groups in total. The van der Waals surface area contributed by atoms with Crippen molar-refractivity contribution in [2.24, 2.45) is 0 Å².